The summed E-state index contributed by atoms with van der Waals surface area (Å²) < 4.78 is 39.9. The summed E-state index contributed by atoms with van der Waals surface area (Å²) in [5, 5.41) is 8.28. The van der Waals surface area contributed by atoms with Crippen molar-refractivity contribution >= 4 is 23.1 Å². The molecule has 0 saturated carbocycles. The summed E-state index contributed by atoms with van der Waals surface area (Å²) in [6.45, 7) is 16.1. The average Bonchev–Trinajstić information content (AvgIpc) is 3.32. The van der Waals surface area contributed by atoms with Crippen LogP contribution in [0.5, 0.6) is 5.75 Å². The van der Waals surface area contributed by atoms with Crippen LogP contribution in [0.3, 0.4) is 0 Å². The van der Waals surface area contributed by atoms with Crippen LogP contribution in [-0.4, -0.2) is 37.6 Å². The van der Waals surface area contributed by atoms with Gasteiger partial charge in [0.2, 0.25) is 0 Å². The molecule has 0 spiro atoms. The van der Waals surface area contributed by atoms with Crippen molar-refractivity contribution in [1.82, 2.24) is 5.32 Å². The Morgan fingerprint density at radius 1 is 1.22 bits per heavy atom. The second-order valence-electron chi connectivity index (χ2n) is 9.29. The Morgan fingerprint density at radius 2 is 1.89 bits per heavy atom. The standard InChI is InChI=1S/C28H33F2N3O3.Li/c1-5-7-20-16-24(36-18-23-8-6-15-35-23)17-25(29)26(20)19(2)32-21-9-11-22(12-10-21)33-27(34)31-14-13-28(3,4)30;/h1-2,5,9-12,16-17,23,32H,6-8,13-15,18H2,3-4H3,(H2,31,33,34);/q-2;+1/t23-;/m1./s1. The van der Waals surface area contributed by atoms with Gasteiger partial charge in [-0.15, -0.1) is 16.8 Å². The third-order valence-corrected chi connectivity index (χ3v) is 5.64. The van der Waals surface area contributed by atoms with Crippen LogP contribution in [0.4, 0.5) is 25.0 Å². The molecule has 0 radical (unpaired) electrons. The van der Waals surface area contributed by atoms with Gasteiger partial charge in [-0.1, -0.05) is 6.42 Å². The Balaban J connectivity index is 0.00000481. The molecule has 2 aromatic rings. The number of ether oxygens (including phenoxy) is 2. The Kier molecular flexibility index (Phi) is 11.7. The molecule has 1 aliphatic heterocycles. The first-order valence-electron chi connectivity index (χ1n) is 12.0. The van der Waals surface area contributed by atoms with E-state index in [1.54, 1.807) is 30.3 Å². The third-order valence-electron chi connectivity index (χ3n) is 5.64. The van der Waals surface area contributed by atoms with Crippen molar-refractivity contribution < 1.29 is 41.9 Å². The van der Waals surface area contributed by atoms with E-state index in [1.165, 1.54) is 26.0 Å². The minimum absolute atomic E-state index is 0. The Morgan fingerprint density at radius 3 is 2.49 bits per heavy atom. The second-order valence-corrected chi connectivity index (χ2v) is 9.29. The molecule has 9 heteroatoms. The van der Waals surface area contributed by atoms with E-state index in [1.807, 2.05) is 0 Å². The summed E-state index contributed by atoms with van der Waals surface area (Å²) in [5.41, 5.74) is 0.681. The van der Waals surface area contributed by atoms with Gasteiger partial charge in [-0.25, -0.2) is 13.6 Å². The Bertz CT molecular complexity index is 1070. The van der Waals surface area contributed by atoms with Crippen molar-refractivity contribution in [3.05, 3.63) is 72.6 Å². The normalized spacial score (nSPS) is 14.9. The van der Waals surface area contributed by atoms with E-state index < -0.39 is 17.5 Å². The van der Waals surface area contributed by atoms with E-state index in [0.29, 0.717) is 35.7 Å². The molecular weight excluding hydrogens is 471 g/mol. The zero-order valence-electron chi connectivity index (χ0n) is 21.7. The molecule has 37 heavy (non-hydrogen) atoms. The van der Waals surface area contributed by atoms with Gasteiger partial charge in [-0.05, 0) is 69.5 Å². The first-order valence-corrected chi connectivity index (χ1v) is 12.0. The summed E-state index contributed by atoms with van der Waals surface area (Å²) in [5.74, 6) is -0.145. The minimum Gasteiger partial charge on any atom is -0.518 e. The zero-order chi connectivity index (χ0) is 26.1. The summed E-state index contributed by atoms with van der Waals surface area (Å²) in [4.78, 5) is 12.0. The molecule has 1 aliphatic rings. The number of alkyl halides is 1. The molecular formula is C28H33F2LiN3O3-. The Hall–Kier alpha value is -2.79. The van der Waals surface area contributed by atoms with Gasteiger partial charge in [-0.2, -0.15) is 0 Å². The van der Waals surface area contributed by atoms with Crippen LogP contribution in [0.1, 0.15) is 44.2 Å². The SMILES string of the molecule is [CH-]=CCc1cc(OC[C@H]2CCCO2)cc(F)c1C(=[CH-])Nc1ccc(NC(=O)NCCC(C)(C)F)cc1.[Li+]. The number of hydrogen-bond donors (Lipinski definition) is 3. The van der Waals surface area contributed by atoms with Gasteiger partial charge in [0.05, 0.1) is 11.9 Å². The first-order chi connectivity index (χ1) is 17.1. The number of hydrogen-bond acceptors (Lipinski definition) is 4. The number of nitrogens with one attached hydrogen (secondary N) is 3. The summed E-state index contributed by atoms with van der Waals surface area (Å²) in [7, 11) is 0. The topological polar surface area (TPSA) is 71.6 Å². The number of urea groups is 1. The van der Waals surface area contributed by atoms with E-state index in [0.717, 1.165) is 19.4 Å². The largest absolute Gasteiger partial charge is 1.00 e. The molecule has 3 N–H and O–H groups in total. The number of benzene rings is 2. The monoisotopic (exact) mass is 504 g/mol. The molecule has 0 aromatic heterocycles. The number of rotatable bonds is 12. The van der Waals surface area contributed by atoms with E-state index in [-0.39, 0.29) is 49.2 Å². The molecule has 2 amide bonds. The number of carbonyl (C=O) groups is 1. The van der Waals surface area contributed by atoms with Crippen LogP contribution in [0, 0.1) is 19.0 Å². The van der Waals surface area contributed by atoms with Crippen LogP contribution in [0.2, 0.25) is 0 Å². The van der Waals surface area contributed by atoms with Crippen molar-refractivity contribution in [3.8, 4) is 5.75 Å². The fourth-order valence-corrected chi connectivity index (χ4v) is 3.78. The van der Waals surface area contributed by atoms with Gasteiger partial charge in [0.25, 0.3) is 0 Å². The van der Waals surface area contributed by atoms with E-state index in [4.69, 9.17) is 22.6 Å². The Labute approximate surface area is 230 Å². The minimum atomic E-state index is -1.35. The maximum atomic E-state index is 15.1. The fraction of sp³-hybridized carbons (Fsp3) is 0.393. The average molecular weight is 505 g/mol. The van der Waals surface area contributed by atoms with Gasteiger partial charge in [0.15, 0.2) is 0 Å². The molecule has 1 heterocycles. The molecule has 194 valence electrons. The molecule has 2 aromatic carbocycles. The van der Waals surface area contributed by atoms with Crippen molar-refractivity contribution in [2.45, 2.75) is 51.3 Å². The number of carbonyl (C=O) groups excluding carboxylic acids is 1. The van der Waals surface area contributed by atoms with Crippen LogP contribution < -0.4 is 39.5 Å². The summed E-state index contributed by atoms with van der Waals surface area (Å²) in [6, 6.07) is 9.31. The second kappa shape index (κ2) is 14.2. The maximum absolute atomic E-state index is 15.1. The molecule has 6 nitrogen and oxygen atoms in total. The fourth-order valence-electron chi connectivity index (χ4n) is 3.78. The van der Waals surface area contributed by atoms with Gasteiger partial charge in [-0.3, -0.25) is 12.7 Å². The molecule has 0 bridgehead atoms. The van der Waals surface area contributed by atoms with Crippen LogP contribution in [0.15, 0.2) is 42.5 Å². The van der Waals surface area contributed by atoms with Crippen LogP contribution >= 0.6 is 0 Å². The molecule has 1 atom stereocenters. The van der Waals surface area contributed by atoms with Gasteiger partial charge in [0, 0.05) is 24.5 Å². The van der Waals surface area contributed by atoms with Gasteiger partial charge >= 0.3 is 24.9 Å². The summed E-state index contributed by atoms with van der Waals surface area (Å²) in [6.07, 6.45) is 3.86. The number of halogens is 2. The quantitative estimate of drug-likeness (QED) is 0.307. The number of amides is 2. The van der Waals surface area contributed by atoms with Gasteiger partial charge in [0.1, 0.15) is 18.0 Å². The predicted octanol–water partition coefficient (Wildman–Crippen LogP) is 3.06. The van der Waals surface area contributed by atoms with E-state index in [9.17, 15) is 9.18 Å². The van der Waals surface area contributed by atoms with E-state index >= 15 is 4.39 Å². The van der Waals surface area contributed by atoms with Crippen LogP contribution in [0.25, 0.3) is 5.70 Å². The molecule has 3 rings (SSSR count). The third kappa shape index (κ3) is 9.88. The molecule has 1 saturated heterocycles. The van der Waals surface area contributed by atoms with Crippen molar-refractivity contribution in [2.24, 2.45) is 0 Å². The molecule has 1 fully saturated rings. The van der Waals surface area contributed by atoms with E-state index in [2.05, 4.69) is 16.0 Å². The zero-order valence-corrected chi connectivity index (χ0v) is 21.7. The van der Waals surface area contributed by atoms with Gasteiger partial charge < -0.3 is 32.0 Å². The summed E-state index contributed by atoms with van der Waals surface area (Å²) >= 11 is 0. The maximum Gasteiger partial charge on any atom is 1.00 e. The number of anilines is 2. The van der Waals surface area contributed by atoms with Crippen molar-refractivity contribution in [3.63, 3.8) is 0 Å². The molecule has 0 unspecified atom stereocenters. The molecule has 0 aliphatic carbocycles. The first kappa shape index (κ1) is 30.4. The number of allylic oxidation sites excluding steroid dienone is 1. The van der Waals surface area contributed by atoms with Crippen LogP contribution in [-0.2, 0) is 11.2 Å². The van der Waals surface area contributed by atoms with Crippen molar-refractivity contribution in [2.75, 3.05) is 30.4 Å². The van der Waals surface area contributed by atoms with Crippen molar-refractivity contribution in [1.29, 1.82) is 0 Å². The smallest absolute Gasteiger partial charge is 0.518 e. The predicted molar refractivity (Wildman–Crippen MR) is 138 cm³/mol.